The predicted molar refractivity (Wildman–Crippen MR) is 243 cm³/mol. The van der Waals surface area contributed by atoms with Crippen LogP contribution in [0.2, 0.25) is 0 Å². The molecule has 3 N–H and O–H groups in total. The van der Waals surface area contributed by atoms with Crippen molar-refractivity contribution in [2.24, 2.45) is 35.3 Å². The maximum Gasteiger partial charge on any atom is 0.329 e. The van der Waals surface area contributed by atoms with Gasteiger partial charge in [-0.05, 0) is 113 Å². The quantitative estimate of drug-likeness (QED) is 0.143. The van der Waals surface area contributed by atoms with Crippen LogP contribution in [0, 0.1) is 29.6 Å². The number of hydrogen-bond donors (Lipinski definition) is 2. The highest BCUT2D eigenvalue weighted by molar-refractivity contribution is 6.39. The van der Waals surface area contributed by atoms with E-state index in [0.717, 1.165) is 24.0 Å². The smallest absolute Gasteiger partial charge is 0.329 e. The normalized spacial score (nSPS) is 37.1. The van der Waals surface area contributed by atoms with Crippen LogP contribution in [0.5, 0.6) is 0 Å². The second kappa shape index (κ2) is 23.7. The summed E-state index contributed by atoms with van der Waals surface area (Å²) in [5.74, 6) is -7.73. The number of amides is 1. The lowest BCUT2D eigenvalue weighted by molar-refractivity contribution is -0.302. The van der Waals surface area contributed by atoms with Crippen LogP contribution in [-0.4, -0.2) is 115 Å². The van der Waals surface area contributed by atoms with Crippen molar-refractivity contribution in [3.63, 3.8) is 0 Å². The van der Waals surface area contributed by atoms with Crippen LogP contribution in [-0.2, 0) is 42.9 Å². The number of esters is 1. The average molecular weight is 895 g/mol. The van der Waals surface area contributed by atoms with E-state index in [0.29, 0.717) is 44.3 Å². The average Bonchev–Trinajstić information content (AvgIpc) is 3.30. The largest absolute Gasteiger partial charge is 0.456 e. The van der Waals surface area contributed by atoms with Crippen LogP contribution in [0.4, 0.5) is 4.39 Å². The van der Waals surface area contributed by atoms with Gasteiger partial charge in [-0.3, -0.25) is 14.4 Å². The Morgan fingerprint density at radius 3 is 2.34 bits per heavy atom. The zero-order chi connectivity index (χ0) is 46.7. The van der Waals surface area contributed by atoms with Crippen molar-refractivity contribution in [3.05, 3.63) is 65.3 Å². The molecule has 14 atom stereocenters. The fourth-order valence-corrected chi connectivity index (χ4v) is 10.2. The van der Waals surface area contributed by atoms with Gasteiger partial charge in [-0.25, -0.2) is 9.18 Å². The van der Waals surface area contributed by atoms with E-state index in [2.05, 4.69) is 6.08 Å². The summed E-state index contributed by atoms with van der Waals surface area (Å²) < 4.78 is 46.8. The monoisotopic (exact) mass is 895 g/mol. The number of aliphatic hydroxyl groups is 1. The molecule has 4 aliphatic rings. The van der Waals surface area contributed by atoms with Crippen LogP contribution in [0.3, 0.4) is 0 Å². The molecule has 0 aromatic heterocycles. The topological polar surface area (TPSA) is 164 Å². The molecule has 14 unspecified atom stereocenters. The van der Waals surface area contributed by atoms with Gasteiger partial charge in [0.15, 0.2) is 0 Å². The minimum absolute atomic E-state index is 0.0296. The SMILES string of the molecule is CCC1C=C(C)C(F)C(C)CC(OC)C2OC(O)(C(=O)C(=O)N3CCCCC3C(=O)OC(C(C)=CC3CCC(N)C(OCC=Cc4ccccc4)C3)C(C)CCC1=O)C(C)CC2OC. The van der Waals surface area contributed by atoms with E-state index in [1.807, 2.05) is 63.3 Å². The third-order valence-corrected chi connectivity index (χ3v) is 14.3. The fourth-order valence-electron chi connectivity index (χ4n) is 10.2. The Balaban J connectivity index is 1.46. The molecule has 1 aromatic carbocycles. The molecule has 1 aromatic rings. The van der Waals surface area contributed by atoms with Gasteiger partial charge in [-0.2, -0.15) is 0 Å². The molecule has 12 nitrogen and oxygen atoms in total. The van der Waals surface area contributed by atoms with Gasteiger partial charge in [0.2, 0.25) is 5.79 Å². The molecular formula is C51H75FN2O10. The number of ether oxygens (including phenoxy) is 5. The van der Waals surface area contributed by atoms with E-state index >= 15 is 4.39 Å². The number of carbonyl (C=O) groups excluding carboxylic acids is 4. The number of methoxy groups -OCH3 is 2. The van der Waals surface area contributed by atoms with Crippen LogP contribution in [0.25, 0.3) is 6.08 Å². The van der Waals surface area contributed by atoms with E-state index in [-0.39, 0.29) is 62.0 Å². The molecule has 3 heterocycles. The number of carbonyl (C=O) groups is 4. The summed E-state index contributed by atoms with van der Waals surface area (Å²) in [6.07, 6.45) is 7.97. The first-order valence-electron chi connectivity index (χ1n) is 23.7. The molecule has 2 bridgehead atoms. The predicted octanol–water partition coefficient (Wildman–Crippen LogP) is 7.50. The number of allylic oxidation sites excluding steroid dienone is 3. The highest BCUT2D eigenvalue weighted by Gasteiger charge is 2.56. The first kappa shape index (κ1) is 51.4. The highest BCUT2D eigenvalue weighted by atomic mass is 19.1. The zero-order valence-electron chi connectivity index (χ0n) is 39.4. The number of nitrogens with zero attached hydrogens (tertiary/aromatic N) is 1. The molecule has 64 heavy (non-hydrogen) atoms. The summed E-state index contributed by atoms with van der Waals surface area (Å²) in [6, 6.07) is 8.78. The molecule has 1 amide bonds. The third-order valence-electron chi connectivity index (χ3n) is 14.3. The van der Waals surface area contributed by atoms with E-state index in [4.69, 9.17) is 29.4 Å². The van der Waals surface area contributed by atoms with Crippen molar-refractivity contribution in [2.45, 2.75) is 167 Å². The lowest BCUT2D eigenvalue weighted by Crippen LogP contribution is -2.64. The van der Waals surface area contributed by atoms with Crippen molar-refractivity contribution < 1.29 is 52.4 Å². The van der Waals surface area contributed by atoms with E-state index in [1.54, 1.807) is 26.8 Å². The molecule has 3 aliphatic heterocycles. The molecule has 1 saturated carbocycles. The van der Waals surface area contributed by atoms with Gasteiger partial charge in [-0.15, -0.1) is 0 Å². The first-order chi connectivity index (χ1) is 30.5. The number of ketones is 2. The molecule has 5 rings (SSSR count). The Labute approximate surface area is 380 Å². The highest BCUT2D eigenvalue weighted by Crippen LogP contribution is 2.39. The number of cyclic esters (lactones) is 1. The second-order valence-electron chi connectivity index (χ2n) is 19.0. The molecule has 0 radical (unpaired) electrons. The fraction of sp³-hybridized carbons (Fsp3) is 0.686. The maximum absolute atomic E-state index is 16.3. The van der Waals surface area contributed by atoms with E-state index in [1.165, 1.54) is 19.1 Å². The van der Waals surface area contributed by atoms with Gasteiger partial charge in [0.05, 0.1) is 24.9 Å². The van der Waals surface area contributed by atoms with Gasteiger partial charge in [0.1, 0.15) is 30.2 Å². The lowest BCUT2D eigenvalue weighted by Gasteiger charge is -2.47. The maximum atomic E-state index is 16.3. The summed E-state index contributed by atoms with van der Waals surface area (Å²) in [4.78, 5) is 58.2. The summed E-state index contributed by atoms with van der Waals surface area (Å²) in [5, 5.41) is 12.1. The number of piperidine rings is 1. The summed E-state index contributed by atoms with van der Waals surface area (Å²) in [7, 11) is 2.93. The number of halogens is 1. The Morgan fingerprint density at radius 2 is 1.66 bits per heavy atom. The molecule has 13 heteroatoms. The van der Waals surface area contributed by atoms with Gasteiger partial charge in [-0.1, -0.05) is 82.3 Å². The van der Waals surface area contributed by atoms with Crippen LogP contribution in [0.1, 0.15) is 118 Å². The van der Waals surface area contributed by atoms with Gasteiger partial charge in [0, 0.05) is 45.1 Å². The van der Waals surface area contributed by atoms with E-state index < -0.39 is 77.8 Å². The molecule has 2 saturated heterocycles. The minimum atomic E-state index is -2.57. The number of alkyl halides is 1. The van der Waals surface area contributed by atoms with E-state index in [9.17, 15) is 24.3 Å². The Bertz CT molecular complexity index is 1820. The number of rotatable bonds is 9. The number of hydrogen-bond acceptors (Lipinski definition) is 11. The standard InChI is InChI=1S/C51H75FN2O10/c1-9-38-27-32(3)45(52)33(4)28-43(60-7)47-44(61-8)29-35(6)51(59,64-47)48(56)49(57)54-24-14-13-19-40(54)50(58)63-46(31(2)20-23-41(38)55)34(5)26-37-21-22-39(53)42(30-37)62-25-15-18-36-16-11-10-12-17-36/h10-12,15-18,26-27,31,33,35,37-40,42-47,59H,9,13-14,19-25,28-30,53H2,1-8H3. The summed E-state index contributed by atoms with van der Waals surface area (Å²) >= 11 is 0. The van der Waals surface area contributed by atoms with Crippen LogP contribution < -0.4 is 5.73 Å². The molecule has 1 aliphatic carbocycles. The van der Waals surface area contributed by atoms with Gasteiger partial charge < -0.3 is 39.4 Å². The molecular weight excluding hydrogens is 820 g/mol. The van der Waals surface area contributed by atoms with Crippen molar-refractivity contribution in [2.75, 3.05) is 27.4 Å². The van der Waals surface area contributed by atoms with Crippen LogP contribution in [0.15, 0.2) is 59.7 Å². The Hall–Kier alpha value is -3.59. The lowest BCUT2D eigenvalue weighted by atomic mass is 9.81. The number of nitrogens with two attached hydrogens (primary N) is 1. The van der Waals surface area contributed by atoms with Crippen LogP contribution >= 0.6 is 0 Å². The molecule has 0 spiro atoms. The number of fused-ring (bicyclic) bond motifs is 3. The number of Topliss-reactive ketones (excluding diaryl/α,β-unsaturated/α-hetero) is 2. The zero-order valence-corrected chi connectivity index (χ0v) is 39.4. The molecule has 3 fully saturated rings. The number of benzene rings is 1. The van der Waals surface area contributed by atoms with Crippen molar-refractivity contribution in [1.29, 1.82) is 0 Å². The van der Waals surface area contributed by atoms with Crippen molar-refractivity contribution >= 4 is 29.5 Å². The Kier molecular flexibility index (Phi) is 19.1. The molecule has 356 valence electrons. The van der Waals surface area contributed by atoms with Crippen molar-refractivity contribution in [3.8, 4) is 0 Å². The first-order valence-corrected chi connectivity index (χ1v) is 23.7. The summed E-state index contributed by atoms with van der Waals surface area (Å²) in [5.41, 5.74) is 8.87. The Morgan fingerprint density at radius 1 is 0.953 bits per heavy atom. The third kappa shape index (κ3) is 12.6. The van der Waals surface area contributed by atoms with Gasteiger partial charge in [0.25, 0.3) is 11.7 Å². The van der Waals surface area contributed by atoms with Crippen molar-refractivity contribution in [1.82, 2.24) is 4.90 Å². The van der Waals surface area contributed by atoms with Gasteiger partial charge >= 0.3 is 5.97 Å². The second-order valence-corrected chi connectivity index (χ2v) is 19.0. The summed E-state index contributed by atoms with van der Waals surface area (Å²) in [6.45, 7) is 11.3. The minimum Gasteiger partial charge on any atom is -0.456 e.